The average molecular weight is 197 g/mol. The van der Waals surface area contributed by atoms with E-state index in [4.69, 9.17) is 11.6 Å². The molecule has 1 nitrogen and oxygen atoms in total. The number of rotatable bonds is 2. The minimum absolute atomic E-state index is 0.342. The maximum Gasteiger partial charge on any atom is 0.119 e. The van der Waals surface area contributed by atoms with E-state index in [0.29, 0.717) is 12.2 Å². The molecule has 0 amide bonds. The number of aryl methyl sites for hydroxylation is 1. The van der Waals surface area contributed by atoms with Crippen LogP contribution in [0.5, 0.6) is 5.75 Å². The summed E-state index contributed by atoms with van der Waals surface area (Å²) in [6.07, 6.45) is 2.56. The van der Waals surface area contributed by atoms with E-state index in [2.05, 4.69) is 0 Å². The molecule has 0 saturated heterocycles. The molecule has 13 heavy (non-hydrogen) atoms. The van der Waals surface area contributed by atoms with E-state index in [1.807, 2.05) is 32.1 Å². The van der Waals surface area contributed by atoms with Crippen LogP contribution in [0.4, 0.5) is 0 Å². The highest BCUT2D eigenvalue weighted by molar-refractivity contribution is 6.29. The normalized spacial score (nSPS) is 11.8. The minimum Gasteiger partial charge on any atom is -0.508 e. The monoisotopic (exact) mass is 196 g/mol. The van der Waals surface area contributed by atoms with E-state index in [-0.39, 0.29) is 0 Å². The van der Waals surface area contributed by atoms with Gasteiger partial charge in [0.15, 0.2) is 0 Å². The number of aromatic hydroxyl groups is 1. The molecule has 70 valence electrons. The molecule has 2 heteroatoms. The zero-order valence-corrected chi connectivity index (χ0v) is 8.60. The number of phenolic OH excluding ortho intramolecular Hbond substituents is 1. The molecular formula is C11H13ClO. The molecule has 1 rings (SSSR count). The molecule has 0 atom stereocenters. The van der Waals surface area contributed by atoms with E-state index in [0.717, 1.165) is 16.2 Å². The third-order valence-electron chi connectivity index (χ3n) is 1.84. The fraction of sp³-hybridized carbons (Fsp3) is 0.273. The van der Waals surface area contributed by atoms with Crippen molar-refractivity contribution in [3.8, 4) is 5.75 Å². The smallest absolute Gasteiger partial charge is 0.119 e. The zero-order chi connectivity index (χ0) is 9.84. The maximum absolute atomic E-state index is 9.53. The van der Waals surface area contributed by atoms with E-state index in [1.54, 1.807) is 6.07 Å². The van der Waals surface area contributed by atoms with Crippen molar-refractivity contribution in [3.05, 3.63) is 40.4 Å². The average Bonchev–Trinajstić information content (AvgIpc) is 2.02. The summed E-state index contributed by atoms with van der Waals surface area (Å²) in [5.74, 6) is 0.342. The molecule has 0 saturated carbocycles. The Hall–Kier alpha value is -0.950. The fourth-order valence-corrected chi connectivity index (χ4v) is 1.17. The van der Waals surface area contributed by atoms with Gasteiger partial charge in [0.05, 0.1) is 0 Å². The Labute approximate surface area is 83.7 Å². The quantitative estimate of drug-likeness (QED) is 0.769. The number of halogens is 1. The molecule has 1 N–H and O–H groups in total. The Morgan fingerprint density at radius 3 is 2.77 bits per heavy atom. The second-order valence-corrected chi connectivity index (χ2v) is 3.72. The van der Waals surface area contributed by atoms with Crippen molar-refractivity contribution in [1.29, 1.82) is 0 Å². The van der Waals surface area contributed by atoms with Crippen LogP contribution in [0.25, 0.3) is 0 Å². The summed E-state index contributed by atoms with van der Waals surface area (Å²) in [4.78, 5) is 0. The molecule has 0 bridgehead atoms. The fourth-order valence-electron chi connectivity index (χ4n) is 1.10. The van der Waals surface area contributed by atoms with Crippen LogP contribution < -0.4 is 0 Å². The van der Waals surface area contributed by atoms with Crippen molar-refractivity contribution in [2.75, 3.05) is 0 Å². The predicted molar refractivity (Wildman–Crippen MR) is 56.2 cm³/mol. The summed E-state index contributed by atoms with van der Waals surface area (Å²) in [7, 11) is 0. The van der Waals surface area contributed by atoms with Gasteiger partial charge >= 0.3 is 0 Å². The first kappa shape index (κ1) is 10.1. The molecule has 0 radical (unpaired) electrons. The number of hydrogen-bond acceptors (Lipinski definition) is 1. The molecule has 0 unspecified atom stereocenters. The van der Waals surface area contributed by atoms with Gasteiger partial charge in [0.2, 0.25) is 0 Å². The summed E-state index contributed by atoms with van der Waals surface area (Å²) in [5.41, 5.74) is 1.97. The summed E-state index contributed by atoms with van der Waals surface area (Å²) in [6.45, 7) is 3.78. The van der Waals surface area contributed by atoms with Crippen molar-refractivity contribution in [3.63, 3.8) is 0 Å². The van der Waals surface area contributed by atoms with E-state index in [1.165, 1.54) is 0 Å². The van der Waals surface area contributed by atoms with Crippen LogP contribution >= 0.6 is 11.6 Å². The first-order valence-electron chi connectivity index (χ1n) is 4.20. The molecule has 0 aliphatic rings. The van der Waals surface area contributed by atoms with Gasteiger partial charge in [-0.25, -0.2) is 0 Å². The molecule has 0 aliphatic heterocycles. The first-order chi connectivity index (χ1) is 6.09. The number of allylic oxidation sites excluding steroid dienone is 2. The van der Waals surface area contributed by atoms with Gasteiger partial charge in [-0.05, 0) is 37.5 Å². The van der Waals surface area contributed by atoms with Crippen molar-refractivity contribution in [1.82, 2.24) is 0 Å². The van der Waals surface area contributed by atoms with Gasteiger partial charge in [-0.1, -0.05) is 29.8 Å². The molecule has 0 aliphatic carbocycles. The first-order valence-corrected chi connectivity index (χ1v) is 4.58. The van der Waals surface area contributed by atoms with Crippen LogP contribution in [0, 0.1) is 6.92 Å². The highest BCUT2D eigenvalue weighted by atomic mass is 35.5. The van der Waals surface area contributed by atoms with Gasteiger partial charge in [0.25, 0.3) is 0 Å². The number of hydrogen-bond donors (Lipinski definition) is 1. The molecule has 0 heterocycles. The lowest BCUT2D eigenvalue weighted by Gasteiger charge is -2.02. The Bertz CT molecular complexity index is 325. The summed E-state index contributed by atoms with van der Waals surface area (Å²) < 4.78 is 0. The lowest BCUT2D eigenvalue weighted by atomic mass is 10.1. The molecular weight excluding hydrogens is 184 g/mol. The van der Waals surface area contributed by atoms with E-state index in [9.17, 15) is 5.11 Å². The van der Waals surface area contributed by atoms with Crippen molar-refractivity contribution >= 4 is 11.6 Å². The van der Waals surface area contributed by atoms with Crippen LogP contribution in [-0.2, 0) is 6.42 Å². The van der Waals surface area contributed by atoms with Crippen molar-refractivity contribution < 1.29 is 5.11 Å². The zero-order valence-electron chi connectivity index (χ0n) is 7.84. The maximum atomic E-state index is 9.53. The Morgan fingerprint density at radius 1 is 1.54 bits per heavy atom. The third kappa shape index (κ3) is 3.11. The lowest BCUT2D eigenvalue weighted by molar-refractivity contribution is 0.469. The van der Waals surface area contributed by atoms with Gasteiger partial charge in [-0.2, -0.15) is 0 Å². The third-order valence-corrected chi connectivity index (χ3v) is 2.00. The highest BCUT2D eigenvalue weighted by Crippen LogP contribution is 2.19. The minimum atomic E-state index is 0.342. The second-order valence-electron chi connectivity index (χ2n) is 3.13. The van der Waals surface area contributed by atoms with Crippen LogP contribution in [0.3, 0.4) is 0 Å². The van der Waals surface area contributed by atoms with Gasteiger partial charge in [-0.3, -0.25) is 0 Å². The van der Waals surface area contributed by atoms with E-state index < -0.39 is 0 Å². The molecule has 0 aromatic heterocycles. The Morgan fingerprint density at radius 2 is 2.23 bits per heavy atom. The molecule has 0 fully saturated rings. The largest absolute Gasteiger partial charge is 0.508 e. The van der Waals surface area contributed by atoms with Crippen LogP contribution in [0.1, 0.15) is 18.1 Å². The number of benzene rings is 1. The summed E-state index contributed by atoms with van der Waals surface area (Å²) >= 11 is 5.69. The topological polar surface area (TPSA) is 20.2 Å². The standard InChI is InChI=1S/C11H13ClO/c1-8-3-5-10(11(13)7-8)6-4-9(2)12/h3-5,7,13H,6H2,1-2H3/b9-4-. The van der Waals surface area contributed by atoms with Gasteiger partial charge < -0.3 is 5.11 Å². The van der Waals surface area contributed by atoms with Gasteiger partial charge in [0, 0.05) is 5.03 Å². The number of phenols is 1. The Balaban J connectivity index is 2.84. The van der Waals surface area contributed by atoms with Crippen molar-refractivity contribution in [2.24, 2.45) is 0 Å². The van der Waals surface area contributed by atoms with Gasteiger partial charge in [-0.15, -0.1) is 0 Å². The predicted octanol–water partition coefficient (Wildman–Crippen LogP) is 3.39. The summed E-state index contributed by atoms with van der Waals surface area (Å²) in [6, 6.07) is 5.65. The van der Waals surface area contributed by atoms with Crippen LogP contribution in [0.15, 0.2) is 29.3 Å². The van der Waals surface area contributed by atoms with Crippen molar-refractivity contribution in [2.45, 2.75) is 20.3 Å². The van der Waals surface area contributed by atoms with Gasteiger partial charge in [0.1, 0.15) is 5.75 Å². The second kappa shape index (κ2) is 4.33. The van der Waals surface area contributed by atoms with Crippen LogP contribution in [-0.4, -0.2) is 5.11 Å². The summed E-state index contributed by atoms with van der Waals surface area (Å²) in [5, 5.41) is 10.3. The molecule has 0 spiro atoms. The Kier molecular flexibility index (Phi) is 3.38. The molecule has 1 aromatic carbocycles. The SMILES string of the molecule is C/C(Cl)=C/Cc1ccc(C)cc1O. The lowest BCUT2D eigenvalue weighted by Crippen LogP contribution is -1.83. The molecule has 1 aromatic rings. The van der Waals surface area contributed by atoms with E-state index >= 15 is 0 Å². The highest BCUT2D eigenvalue weighted by Gasteiger charge is 1.98. The van der Waals surface area contributed by atoms with Crippen LogP contribution in [0.2, 0.25) is 0 Å².